The Labute approximate surface area is 158 Å². The molecule has 1 aromatic carbocycles. The molecule has 1 aliphatic heterocycles. The van der Waals surface area contributed by atoms with Gasteiger partial charge in [0.05, 0.1) is 19.1 Å². The zero-order valence-electron chi connectivity index (χ0n) is 15.7. The summed E-state index contributed by atoms with van der Waals surface area (Å²) in [5.74, 6) is -0.384. The Bertz CT molecular complexity index is 834. The van der Waals surface area contributed by atoms with Gasteiger partial charge in [0.15, 0.2) is 11.6 Å². The highest BCUT2D eigenvalue weighted by molar-refractivity contribution is 5.94. The van der Waals surface area contributed by atoms with Crippen molar-refractivity contribution in [2.75, 3.05) is 33.3 Å². The Balaban J connectivity index is 1.59. The molecule has 0 saturated carbocycles. The van der Waals surface area contributed by atoms with Crippen LogP contribution in [0.5, 0.6) is 5.75 Å². The van der Waals surface area contributed by atoms with E-state index in [1.54, 1.807) is 28.1 Å². The molecule has 0 bridgehead atoms. The lowest BCUT2D eigenvalue weighted by atomic mass is 10.1. The third-order valence-corrected chi connectivity index (χ3v) is 4.79. The Morgan fingerprint density at radius 2 is 1.85 bits per heavy atom. The van der Waals surface area contributed by atoms with Crippen LogP contribution in [0.3, 0.4) is 0 Å². The van der Waals surface area contributed by atoms with E-state index in [-0.39, 0.29) is 24.0 Å². The number of halogens is 1. The predicted molar refractivity (Wildman–Crippen MR) is 99.2 cm³/mol. The summed E-state index contributed by atoms with van der Waals surface area (Å²) in [5, 5.41) is 0. The van der Waals surface area contributed by atoms with Gasteiger partial charge in [0.25, 0.3) is 5.91 Å². The zero-order chi connectivity index (χ0) is 19.4. The molecular formula is C20H24FN3O3. The van der Waals surface area contributed by atoms with Crippen LogP contribution in [-0.2, 0) is 18.3 Å². The zero-order valence-corrected chi connectivity index (χ0v) is 15.7. The fourth-order valence-corrected chi connectivity index (χ4v) is 3.29. The molecular weight excluding hydrogens is 349 g/mol. The molecule has 7 heteroatoms. The number of hydrogen-bond donors (Lipinski definition) is 0. The first-order chi connectivity index (χ1) is 13.0. The van der Waals surface area contributed by atoms with Crippen molar-refractivity contribution >= 4 is 11.8 Å². The highest BCUT2D eigenvalue weighted by Crippen LogP contribution is 2.19. The number of carbonyl (C=O) groups excluding carboxylic acids is 2. The average molecular weight is 373 g/mol. The van der Waals surface area contributed by atoms with E-state index in [1.165, 1.54) is 19.2 Å². The second kappa shape index (κ2) is 8.24. The van der Waals surface area contributed by atoms with Gasteiger partial charge in [0.2, 0.25) is 5.91 Å². The SMILES string of the molecule is COc1ccc(CC(=O)N2CCCN(C(=O)c3ccn(C)c3)CC2)cc1F. The van der Waals surface area contributed by atoms with Gasteiger partial charge in [-0.05, 0) is 30.2 Å². The van der Waals surface area contributed by atoms with Crippen molar-refractivity contribution in [3.05, 3.63) is 53.6 Å². The first-order valence-corrected chi connectivity index (χ1v) is 8.99. The highest BCUT2D eigenvalue weighted by Gasteiger charge is 2.23. The van der Waals surface area contributed by atoms with Crippen LogP contribution in [0.15, 0.2) is 36.7 Å². The Kier molecular flexibility index (Phi) is 5.78. The molecule has 0 aliphatic carbocycles. The van der Waals surface area contributed by atoms with Crippen LogP contribution in [0.25, 0.3) is 0 Å². The second-order valence-electron chi connectivity index (χ2n) is 6.74. The number of nitrogens with zero attached hydrogens (tertiary/aromatic N) is 3. The number of rotatable bonds is 4. The van der Waals surface area contributed by atoms with E-state index in [0.717, 1.165) is 6.42 Å². The van der Waals surface area contributed by atoms with Gasteiger partial charge < -0.3 is 19.1 Å². The molecule has 1 fully saturated rings. The molecule has 0 spiro atoms. The summed E-state index contributed by atoms with van der Waals surface area (Å²) in [4.78, 5) is 28.7. The van der Waals surface area contributed by atoms with Gasteiger partial charge in [-0.3, -0.25) is 9.59 Å². The van der Waals surface area contributed by atoms with Crippen LogP contribution in [0.2, 0.25) is 0 Å². The summed E-state index contributed by atoms with van der Waals surface area (Å²) in [6.07, 6.45) is 4.50. The van der Waals surface area contributed by atoms with E-state index in [0.29, 0.717) is 37.3 Å². The predicted octanol–water partition coefficient (Wildman–Crippen LogP) is 2.09. The maximum atomic E-state index is 13.8. The monoisotopic (exact) mass is 373 g/mol. The van der Waals surface area contributed by atoms with Gasteiger partial charge in [-0.15, -0.1) is 0 Å². The molecule has 144 valence electrons. The molecule has 1 aliphatic rings. The van der Waals surface area contributed by atoms with Gasteiger partial charge in [-0.1, -0.05) is 6.07 Å². The van der Waals surface area contributed by atoms with Crippen LogP contribution in [0.1, 0.15) is 22.3 Å². The smallest absolute Gasteiger partial charge is 0.255 e. The molecule has 1 saturated heterocycles. The first kappa shape index (κ1) is 18.9. The number of aromatic nitrogens is 1. The lowest BCUT2D eigenvalue weighted by Gasteiger charge is -2.22. The van der Waals surface area contributed by atoms with Crippen LogP contribution >= 0.6 is 0 Å². The molecule has 0 radical (unpaired) electrons. The van der Waals surface area contributed by atoms with Crippen LogP contribution in [0.4, 0.5) is 4.39 Å². The van der Waals surface area contributed by atoms with E-state index in [9.17, 15) is 14.0 Å². The largest absolute Gasteiger partial charge is 0.494 e. The topological polar surface area (TPSA) is 54.8 Å². The summed E-state index contributed by atoms with van der Waals surface area (Å²) in [6, 6.07) is 6.36. The Morgan fingerprint density at radius 1 is 1.11 bits per heavy atom. The van der Waals surface area contributed by atoms with E-state index in [4.69, 9.17) is 4.74 Å². The Morgan fingerprint density at radius 3 is 2.52 bits per heavy atom. The molecule has 2 aromatic rings. The van der Waals surface area contributed by atoms with Gasteiger partial charge in [-0.2, -0.15) is 0 Å². The van der Waals surface area contributed by atoms with Crippen molar-refractivity contribution in [2.45, 2.75) is 12.8 Å². The number of hydrogen-bond acceptors (Lipinski definition) is 3. The van der Waals surface area contributed by atoms with Crippen molar-refractivity contribution in [1.82, 2.24) is 14.4 Å². The summed E-state index contributed by atoms with van der Waals surface area (Å²) >= 11 is 0. The van der Waals surface area contributed by atoms with Crippen molar-refractivity contribution in [3.8, 4) is 5.75 Å². The highest BCUT2D eigenvalue weighted by atomic mass is 19.1. The molecule has 0 unspecified atom stereocenters. The lowest BCUT2D eigenvalue weighted by molar-refractivity contribution is -0.130. The maximum absolute atomic E-state index is 13.8. The van der Waals surface area contributed by atoms with E-state index >= 15 is 0 Å². The summed E-state index contributed by atoms with van der Waals surface area (Å²) in [5.41, 5.74) is 1.27. The molecule has 0 N–H and O–H groups in total. The molecule has 6 nitrogen and oxygen atoms in total. The second-order valence-corrected chi connectivity index (χ2v) is 6.74. The molecule has 0 atom stereocenters. The maximum Gasteiger partial charge on any atom is 0.255 e. The van der Waals surface area contributed by atoms with Gasteiger partial charge >= 0.3 is 0 Å². The minimum Gasteiger partial charge on any atom is -0.494 e. The third kappa shape index (κ3) is 4.48. The lowest BCUT2D eigenvalue weighted by Crippen LogP contribution is -2.37. The van der Waals surface area contributed by atoms with Crippen molar-refractivity contribution in [3.63, 3.8) is 0 Å². The number of aryl methyl sites for hydroxylation is 1. The third-order valence-electron chi connectivity index (χ3n) is 4.79. The minimum absolute atomic E-state index is 0.0119. The number of amides is 2. The summed E-state index contributed by atoms with van der Waals surface area (Å²) in [7, 11) is 3.28. The summed E-state index contributed by atoms with van der Waals surface area (Å²) < 4.78 is 20.6. The molecule has 1 aromatic heterocycles. The van der Waals surface area contributed by atoms with Crippen LogP contribution in [-0.4, -0.2) is 59.5 Å². The minimum atomic E-state index is -0.474. The molecule has 3 rings (SSSR count). The Hall–Kier alpha value is -2.83. The van der Waals surface area contributed by atoms with Crippen molar-refractivity contribution in [2.24, 2.45) is 7.05 Å². The summed E-state index contributed by atoms with van der Waals surface area (Å²) in [6.45, 7) is 2.19. The number of methoxy groups -OCH3 is 1. The van der Waals surface area contributed by atoms with E-state index in [2.05, 4.69) is 0 Å². The molecule has 2 heterocycles. The fraction of sp³-hybridized carbons (Fsp3) is 0.400. The average Bonchev–Trinajstić information content (AvgIpc) is 2.93. The number of benzene rings is 1. The van der Waals surface area contributed by atoms with Crippen LogP contribution < -0.4 is 4.74 Å². The standard InChI is InChI=1S/C20H24FN3O3/c1-22-9-6-16(14-22)20(26)24-8-3-7-23(10-11-24)19(25)13-15-4-5-18(27-2)17(21)12-15/h4-6,9,12,14H,3,7-8,10-11,13H2,1-2H3. The number of carbonyl (C=O) groups is 2. The van der Waals surface area contributed by atoms with E-state index in [1.807, 2.05) is 17.8 Å². The van der Waals surface area contributed by atoms with Gasteiger partial charge in [0, 0.05) is 45.6 Å². The quantitative estimate of drug-likeness (QED) is 0.825. The van der Waals surface area contributed by atoms with Crippen molar-refractivity contribution < 1.29 is 18.7 Å². The van der Waals surface area contributed by atoms with Crippen molar-refractivity contribution in [1.29, 1.82) is 0 Å². The van der Waals surface area contributed by atoms with Gasteiger partial charge in [-0.25, -0.2) is 4.39 Å². The van der Waals surface area contributed by atoms with Crippen LogP contribution in [0, 0.1) is 5.82 Å². The number of ether oxygens (including phenoxy) is 1. The molecule has 2 amide bonds. The normalized spacial score (nSPS) is 14.8. The molecule has 27 heavy (non-hydrogen) atoms. The van der Waals surface area contributed by atoms with Gasteiger partial charge in [0.1, 0.15) is 0 Å². The van der Waals surface area contributed by atoms with E-state index < -0.39 is 5.82 Å². The fourth-order valence-electron chi connectivity index (χ4n) is 3.29. The first-order valence-electron chi connectivity index (χ1n) is 8.99.